The molecule has 0 spiro atoms. The fourth-order valence-corrected chi connectivity index (χ4v) is 3.48. The summed E-state index contributed by atoms with van der Waals surface area (Å²) in [6.45, 7) is 0.661. The first-order chi connectivity index (χ1) is 11.6. The summed E-state index contributed by atoms with van der Waals surface area (Å²) >= 11 is 0. The van der Waals surface area contributed by atoms with Crippen LogP contribution in [0, 0.1) is 0 Å². The Kier molecular flexibility index (Phi) is 3.59. The zero-order chi connectivity index (χ0) is 16.7. The molecule has 2 heterocycles. The molecule has 1 atom stereocenters. The molecule has 1 aliphatic carbocycles. The standard InChI is InChI=1S/C18H21N5O/c1-21-16-9-8-13(10-17(16)22(2)18(21)24)11-23-12-15(19-20-23)14-6-4-3-5-7-14/h3-4,8-10,12,14H,5-7,11H2,1-2H3/t14-/m0/s1. The minimum absolute atomic E-state index is 0.00412. The minimum Gasteiger partial charge on any atom is -0.295 e. The Hall–Kier alpha value is -2.63. The van der Waals surface area contributed by atoms with Gasteiger partial charge in [0.1, 0.15) is 0 Å². The molecule has 24 heavy (non-hydrogen) atoms. The molecule has 1 aromatic carbocycles. The molecule has 6 heteroatoms. The van der Waals surface area contributed by atoms with Gasteiger partial charge in [-0.05, 0) is 37.0 Å². The lowest BCUT2D eigenvalue weighted by atomic mass is 9.92. The van der Waals surface area contributed by atoms with E-state index in [0.29, 0.717) is 12.5 Å². The lowest BCUT2D eigenvalue weighted by Crippen LogP contribution is -2.19. The molecule has 4 rings (SSSR count). The molecule has 0 saturated heterocycles. The van der Waals surface area contributed by atoms with Gasteiger partial charge < -0.3 is 0 Å². The normalized spacial score (nSPS) is 17.7. The molecule has 0 fully saturated rings. The van der Waals surface area contributed by atoms with Gasteiger partial charge in [-0.1, -0.05) is 23.4 Å². The molecule has 0 radical (unpaired) electrons. The van der Waals surface area contributed by atoms with Crippen LogP contribution in [0.15, 0.2) is 41.3 Å². The maximum Gasteiger partial charge on any atom is 0.328 e. The summed E-state index contributed by atoms with van der Waals surface area (Å²) in [5, 5.41) is 8.63. The number of imidazole rings is 1. The molecule has 6 nitrogen and oxygen atoms in total. The number of rotatable bonds is 3. The van der Waals surface area contributed by atoms with Gasteiger partial charge in [0.15, 0.2) is 0 Å². The second-order valence-corrected chi connectivity index (χ2v) is 6.55. The minimum atomic E-state index is -0.00412. The van der Waals surface area contributed by atoms with E-state index in [4.69, 9.17) is 0 Å². The number of fused-ring (bicyclic) bond motifs is 1. The molecule has 0 amide bonds. The summed E-state index contributed by atoms with van der Waals surface area (Å²) in [7, 11) is 3.60. The van der Waals surface area contributed by atoms with E-state index in [-0.39, 0.29) is 5.69 Å². The highest BCUT2D eigenvalue weighted by atomic mass is 16.1. The SMILES string of the molecule is Cn1c(=O)n(C)c2cc(Cn3cc([C@H]4CC=CCC4)nn3)ccc21. The average Bonchev–Trinajstić information content (AvgIpc) is 3.16. The van der Waals surface area contributed by atoms with Crippen molar-refractivity contribution in [2.45, 2.75) is 31.7 Å². The van der Waals surface area contributed by atoms with Gasteiger partial charge in [0.05, 0.1) is 23.3 Å². The van der Waals surface area contributed by atoms with Gasteiger partial charge >= 0.3 is 5.69 Å². The van der Waals surface area contributed by atoms with Crippen LogP contribution >= 0.6 is 0 Å². The van der Waals surface area contributed by atoms with Crippen molar-refractivity contribution in [2.75, 3.05) is 0 Å². The Morgan fingerprint density at radius 3 is 2.79 bits per heavy atom. The summed E-state index contributed by atoms with van der Waals surface area (Å²) < 4.78 is 5.24. The topological polar surface area (TPSA) is 57.6 Å². The van der Waals surface area contributed by atoms with Crippen LogP contribution in [-0.2, 0) is 20.6 Å². The summed E-state index contributed by atoms with van der Waals surface area (Å²) in [5.41, 5.74) is 4.07. The highest BCUT2D eigenvalue weighted by Crippen LogP contribution is 2.27. The van der Waals surface area contributed by atoms with E-state index in [1.165, 1.54) is 0 Å². The third-order valence-corrected chi connectivity index (χ3v) is 4.92. The van der Waals surface area contributed by atoms with Crippen LogP contribution in [0.4, 0.5) is 0 Å². The number of hydrogen-bond acceptors (Lipinski definition) is 3. The maximum atomic E-state index is 12.0. The van der Waals surface area contributed by atoms with Crippen molar-refractivity contribution in [1.82, 2.24) is 24.1 Å². The van der Waals surface area contributed by atoms with Crippen molar-refractivity contribution >= 4 is 11.0 Å². The molecule has 1 aliphatic rings. The van der Waals surface area contributed by atoms with Gasteiger partial charge in [0.25, 0.3) is 0 Å². The van der Waals surface area contributed by atoms with E-state index in [1.807, 2.05) is 16.8 Å². The third-order valence-electron chi connectivity index (χ3n) is 4.92. The van der Waals surface area contributed by atoms with Crippen molar-refractivity contribution < 1.29 is 0 Å². The van der Waals surface area contributed by atoms with Crippen LogP contribution in [0.2, 0.25) is 0 Å². The first kappa shape index (κ1) is 14.9. The number of aromatic nitrogens is 5. The molecule has 0 bridgehead atoms. The van der Waals surface area contributed by atoms with Crippen LogP contribution in [0.3, 0.4) is 0 Å². The molecule has 3 aromatic rings. The van der Waals surface area contributed by atoms with Crippen LogP contribution in [0.1, 0.15) is 36.4 Å². The van der Waals surface area contributed by atoms with Crippen molar-refractivity contribution in [3.8, 4) is 0 Å². The summed E-state index contributed by atoms with van der Waals surface area (Å²) in [5.74, 6) is 0.487. The largest absolute Gasteiger partial charge is 0.328 e. The summed E-state index contributed by atoms with van der Waals surface area (Å²) in [6, 6.07) is 6.10. The van der Waals surface area contributed by atoms with Crippen molar-refractivity contribution in [3.63, 3.8) is 0 Å². The van der Waals surface area contributed by atoms with E-state index >= 15 is 0 Å². The number of nitrogens with zero attached hydrogens (tertiary/aromatic N) is 5. The summed E-state index contributed by atoms with van der Waals surface area (Å²) in [6.07, 6.45) is 9.84. The Labute approximate surface area is 140 Å². The van der Waals surface area contributed by atoms with Gasteiger partial charge in [-0.15, -0.1) is 5.10 Å². The van der Waals surface area contributed by atoms with Crippen LogP contribution in [0.5, 0.6) is 0 Å². The quantitative estimate of drug-likeness (QED) is 0.695. The molecule has 0 aliphatic heterocycles. The zero-order valence-electron chi connectivity index (χ0n) is 14.0. The molecule has 0 saturated carbocycles. The van der Waals surface area contributed by atoms with E-state index in [1.54, 1.807) is 23.2 Å². The number of benzene rings is 1. The fraction of sp³-hybridized carbons (Fsp3) is 0.389. The monoisotopic (exact) mass is 323 g/mol. The highest BCUT2D eigenvalue weighted by Gasteiger charge is 2.16. The summed E-state index contributed by atoms with van der Waals surface area (Å²) in [4.78, 5) is 12.0. The second-order valence-electron chi connectivity index (χ2n) is 6.55. The Morgan fingerprint density at radius 1 is 1.17 bits per heavy atom. The van der Waals surface area contributed by atoms with Crippen molar-refractivity contribution in [3.05, 3.63) is 58.3 Å². The van der Waals surface area contributed by atoms with Gasteiger partial charge in [0, 0.05) is 26.2 Å². The number of hydrogen-bond donors (Lipinski definition) is 0. The van der Waals surface area contributed by atoms with Crippen LogP contribution in [0.25, 0.3) is 11.0 Å². The molecular weight excluding hydrogens is 302 g/mol. The molecule has 124 valence electrons. The van der Waals surface area contributed by atoms with Gasteiger partial charge in [0.2, 0.25) is 0 Å². The van der Waals surface area contributed by atoms with Crippen LogP contribution in [-0.4, -0.2) is 24.1 Å². The van der Waals surface area contributed by atoms with Gasteiger partial charge in [-0.3, -0.25) is 9.13 Å². The second kappa shape index (κ2) is 5.78. The lowest BCUT2D eigenvalue weighted by Gasteiger charge is -2.13. The molecule has 2 aromatic heterocycles. The van der Waals surface area contributed by atoms with Gasteiger partial charge in [-0.25, -0.2) is 9.48 Å². The number of aryl methyl sites for hydroxylation is 2. The van der Waals surface area contributed by atoms with Gasteiger partial charge in [-0.2, -0.15) is 0 Å². The van der Waals surface area contributed by atoms with Crippen LogP contribution < -0.4 is 5.69 Å². The first-order valence-corrected chi connectivity index (χ1v) is 8.33. The third kappa shape index (κ3) is 2.48. The molecular formula is C18H21N5O. The first-order valence-electron chi connectivity index (χ1n) is 8.33. The van der Waals surface area contributed by atoms with Crippen molar-refractivity contribution in [1.29, 1.82) is 0 Å². The Balaban J connectivity index is 1.60. The molecule has 0 N–H and O–H groups in total. The fourth-order valence-electron chi connectivity index (χ4n) is 3.48. The molecule has 0 unspecified atom stereocenters. The predicted molar refractivity (Wildman–Crippen MR) is 93.0 cm³/mol. The van der Waals surface area contributed by atoms with Crippen molar-refractivity contribution in [2.24, 2.45) is 14.1 Å². The maximum absolute atomic E-state index is 12.0. The average molecular weight is 323 g/mol. The Morgan fingerprint density at radius 2 is 2.00 bits per heavy atom. The highest BCUT2D eigenvalue weighted by molar-refractivity contribution is 5.76. The smallest absolute Gasteiger partial charge is 0.295 e. The van der Waals surface area contributed by atoms with E-state index < -0.39 is 0 Å². The van der Waals surface area contributed by atoms with E-state index in [9.17, 15) is 4.79 Å². The predicted octanol–water partition coefficient (Wildman–Crippen LogP) is 2.34. The van der Waals surface area contributed by atoms with E-state index in [2.05, 4.69) is 34.7 Å². The van der Waals surface area contributed by atoms with E-state index in [0.717, 1.165) is 41.6 Å². The number of allylic oxidation sites excluding steroid dienone is 2. The Bertz CT molecular complexity index is 975. The zero-order valence-corrected chi connectivity index (χ0v) is 14.0. The lowest BCUT2D eigenvalue weighted by molar-refractivity contribution is 0.598.